The standard InChI is InChI=1S/C26H26FNO3/c1-3-4-5-9-17-14-22-25(23(29)15-17)24-19(26(30)31-2)11-8-13-21(24)28(22)16-18-10-6-7-12-20(18)27/h6-8,10-15,29H,3-5,9,16H2,1-2H3. The number of carbonyl (C=O) groups excluding carboxylic acids is 1. The lowest BCUT2D eigenvalue weighted by molar-refractivity contribution is 0.0603. The number of methoxy groups -OCH3 is 1. The van der Waals surface area contributed by atoms with Crippen molar-refractivity contribution >= 4 is 27.8 Å². The van der Waals surface area contributed by atoms with Crippen LogP contribution in [0.25, 0.3) is 21.8 Å². The molecule has 0 saturated heterocycles. The highest BCUT2D eigenvalue weighted by Crippen LogP contribution is 2.39. The third-order valence-corrected chi connectivity index (χ3v) is 5.79. The molecule has 1 aromatic heterocycles. The number of nitrogens with zero attached hydrogens (tertiary/aromatic N) is 1. The van der Waals surface area contributed by atoms with Gasteiger partial charge in [0, 0.05) is 10.9 Å². The maximum absolute atomic E-state index is 14.5. The van der Waals surface area contributed by atoms with E-state index in [1.165, 1.54) is 13.2 Å². The fourth-order valence-corrected chi connectivity index (χ4v) is 4.27. The second kappa shape index (κ2) is 8.80. The second-order valence-electron chi connectivity index (χ2n) is 7.84. The molecule has 0 unspecified atom stereocenters. The van der Waals surface area contributed by atoms with E-state index in [4.69, 9.17) is 4.74 Å². The third-order valence-electron chi connectivity index (χ3n) is 5.79. The van der Waals surface area contributed by atoms with Crippen LogP contribution in [0.2, 0.25) is 0 Å². The van der Waals surface area contributed by atoms with E-state index < -0.39 is 5.97 Å². The molecule has 4 nitrogen and oxygen atoms in total. The van der Waals surface area contributed by atoms with Crippen LogP contribution < -0.4 is 0 Å². The summed E-state index contributed by atoms with van der Waals surface area (Å²) < 4.78 is 21.4. The number of ether oxygens (including phenoxy) is 1. The molecule has 4 aromatic rings. The van der Waals surface area contributed by atoms with E-state index in [1.807, 2.05) is 16.7 Å². The molecule has 0 aliphatic rings. The van der Waals surface area contributed by atoms with Crippen LogP contribution in [0.4, 0.5) is 4.39 Å². The molecule has 0 atom stereocenters. The summed E-state index contributed by atoms with van der Waals surface area (Å²) in [6, 6.07) is 15.8. The van der Waals surface area contributed by atoms with E-state index in [9.17, 15) is 14.3 Å². The molecule has 0 saturated carbocycles. The number of benzene rings is 3. The van der Waals surface area contributed by atoms with Crippen molar-refractivity contribution in [3.8, 4) is 5.75 Å². The molecule has 1 N–H and O–H groups in total. The highest BCUT2D eigenvalue weighted by atomic mass is 19.1. The maximum atomic E-state index is 14.5. The molecule has 5 heteroatoms. The summed E-state index contributed by atoms with van der Waals surface area (Å²) in [4.78, 5) is 12.5. The van der Waals surface area contributed by atoms with Crippen LogP contribution in [-0.4, -0.2) is 22.8 Å². The Balaban J connectivity index is 1.99. The van der Waals surface area contributed by atoms with Gasteiger partial charge in [0.15, 0.2) is 0 Å². The summed E-state index contributed by atoms with van der Waals surface area (Å²) in [6.07, 6.45) is 4.11. The predicted molar refractivity (Wildman–Crippen MR) is 121 cm³/mol. The number of halogens is 1. The second-order valence-corrected chi connectivity index (χ2v) is 7.84. The van der Waals surface area contributed by atoms with Gasteiger partial charge in [-0.05, 0) is 48.7 Å². The van der Waals surface area contributed by atoms with Gasteiger partial charge in [0.1, 0.15) is 11.6 Å². The molecule has 3 aromatic carbocycles. The Morgan fingerprint density at radius 2 is 1.84 bits per heavy atom. The summed E-state index contributed by atoms with van der Waals surface area (Å²) in [7, 11) is 1.34. The molecule has 0 amide bonds. The Morgan fingerprint density at radius 1 is 1.03 bits per heavy atom. The Labute approximate surface area is 180 Å². The van der Waals surface area contributed by atoms with Gasteiger partial charge in [-0.2, -0.15) is 0 Å². The average Bonchev–Trinajstić information content (AvgIpc) is 3.09. The number of aromatic nitrogens is 1. The van der Waals surface area contributed by atoms with Gasteiger partial charge in [-0.1, -0.05) is 44.0 Å². The van der Waals surface area contributed by atoms with Crippen LogP contribution in [0.3, 0.4) is 0 Å². The Hall–Kier alpha value is -3.34. The van der Waals surface area contributed by atoms with Crippen LogP contribution in [0.1, 0.15) is 47.7 Å². The minimum atomic E-state index is -0.470. The summed E-state index contributed by atoms with van der Waals surface area (Å²) >= 11 is 0. The van der Waals surface area contributed by atoms with Gasteiger partial charge in [0.05, 0.1) is 35.6 Å². The average molecular weight is 419 g/mol. The number of carbonyl (C=O) groups is 1. The number of hydrogen-bond donors (Lipinski definition) is 1. The lowest BCUT2D eigenvalue weighted by Crippen LogP contribution is -2.03. The first-order valence-electron chi connectivity index (χ1n) is 10.6. The molecule has 0 aliphatic carbocycles. The quantitative estimate of drug-likeness (QED) is 0.286. The zero-order valence-corrected chi connectivity index (χ0v) is 17.8. The lowest BCUT2D eigenvalue weighted by atomic mass is 10.0. The molecule has 1 heterocycles. The Kier molecular flexibility index (Phi) is 5.94. The first-order valence-corrected chi connectivity index (χ1v) is 10.6. The van der Waals surface area contributed by atoms with Crippen molar-refractivity contribution in [2.24, 2.45) is 0 Å². The van der Waals surface area contributed by atoms with Crippen LogP contribution in [0.5, 0.6) is 5.75 Å². The molecule has 160 valence electrons. The number of esters is 1. The number of aromatic hydroxyl groups is 1. The van der Waals surface area contributed by atoms with E-state index >= 15 is 0 Å². The van der Waals surface area contributed by atoms with E-state index in [0.717, 1.165) is 42.3 Å². The summed E-state index contributed by atoms with van der Waals surface area (Å²) in [6.45, 7) is 2.44. The minimum absolute atomic E-state index is 0.123. The fourth-order valence-electron chi connectivity index (χ4n) is 4.27. The van der Waals surface area contributed by atoms with Gasteiger partial charge in [-0.3, -0.25) is 0 Å². The van der Waals surface area contributed by atoms with Gasteiger partial charge in [0.25, 0.3) is 0 Å². The van der Waals surface area contributed by atoms with E-state index in [0.29, 0.717) is 21.9 Å². The van der Waals surface area contributed by atoms with Gasteiger partial charge >= 0.3 is 5.97 Å². The number of aryl methyl sites for hydroxylation is 1. The number of hydrogen-bond acceptors (Lipinski definition) is 3. The highest BCUT2D eigenvalue weighted by Gasteiger charge is 2.21. The number of phenolic OH excluding ortho intramolecular Hbond substituents is 1. The van der Waals surface area contributed by atoms with E-state index in [-0.39, 0.29) is 18.1 Å². The topological polar surface area (TPSA) is 51.5 Å². The van der Waals surface area contributed by atoms with Crippen molar-refractivity contribution in [3.05, 3.63) is 77.1 Å². The minimum Gasteiger partial charge on any atom is -0.507 e. The van der Waals surface area contributed by atoms with Crippen molar-refractivity contribution < 1.29 is 19.0 Å². The fraction of sp³-hybridized carbons (Fsp3) is 0.269. The summed E-state index contributed by atoms with van der Waals surface area (Å²) in [5.41, 5.74) is 3.48. The summed E-state index contributed by atoms with van der Waals surface area (Å²) in [5, 5.41) is 12.2. The zero-order chi connectivity index (χ0) is 22.0. The molecule has 0 bridgehead atoms. The van der Waals surface area contributed by atoms with Crippen molar-refractivity contribution in [3.63, 3.8) is 0 Å². The number of fused-ring (bicyclic) bond motifs is 3. The van der Waals surface area contributed by atoms with Crippen LogP contribution in [-0.2, 0) is 17.7 Å². The van der Waals surface area contributed by atoms with E-state index in [2.05, 4.69) is 6.92 Å². The van der Waals surface area contributed by atoms with Gasteiger partial charge < -0.3 is 14.4 Å². The van der Waals surface area contributed by atoms with Crippen LogP contribution in [0.15, 0.2) is 54.6 Å². The largest absolute Gasteiger partial charge is 0.507 e. The first kappa shape index (κ1) is 20.9. The lowest BCUT2D eigenvalue weighted by Gasteiger charge is -2.10. The van der Waals surface area contributed by atoms with Gasteiger partial charge in [0.2, 0.25) is 0 Å². The smallest absolute Gasteiger partial charge is 0.338 e. The van der Waals surface area contributed by atoms with E-state index in [1.54, 1.807) is 36.4 Å². The molecular formula is C26H26FNO3. The molecule has 4 rings (SSSR count). The molecule has 0 radical (unpaired) electrons. The molecule has 0 spiro atoms. The van der Waals surface area contributed by atoms with Crippen LogP contribution >= 0.6 is 0 Å². The predicted octanol–water partition coefficient (Wildman–Crippen LogP) is 6.21. The van der Waals surface area contributed by atoms with Crippen molar-refractivity contribution in [2.75, 3.05) is 7.11 Å². The molecule has 0 aliphatic heterocycles. The van der Waals surface area contributed by atoms with Crippen LogP contribution in [0, 0.1) is 5.82 Å². The maximum Gasteiger partial charge on any atom is 0.338 e. The monoisotopic (exact) mass is 419 g/mol. The zero-order valence-electron chi connectivity index (χ0n) is 17.8. The highest BCUT2D eigenvalue weighted by molar-refractivity contribution is 6.19. The molecule has 31 heavy (non-hydrogen) atoms. The molecular weight excluding hydrogens is 393 g/mol. The number of unbranched alkanes of at least 4 members (excludes halogenated alkanes) is 2. The van der Waals surface area contributed by atoms with Gasteiger partial charge in [-0.15, -0.1) is 0 Å². The number of rotatable bonds is 7. The Morgan fingerprint density at radius 3 is 2.58 bits per heavy atom. The third kappa shape index (κ3) is 3.88. The SMILES string of the molecule is CCCCCc1cc(O)c2c3c(C(=O)OC)cccc3n(Cc3ccccc3F)c2c1. The Bertz CT molecular complexity index is 1260. The number of phenols is 1. The van der Waals surface area contributed by atoms with Crippen molar-refractivity contribution in [1.29, 1.82) is 0 Å². The molecule has 0 fully saturated rings. The van der Waals surface area contributed by atoms with Crippen molar-refractivity contribution in [2.45, 2.75) is 39.2 Å². The first-order chi connectivity index (χ1) is 15.0. The normalized spacial score (nSPS) is 11.3. The van der Waals surface area contributed by atoms with Crippen molar-refractivity contribution in [1.82, 2.24) is 4.57 Å². The summed E-state index contributed by atoms with van der Waals surface area (Å²) in [5.74, 6) is -0.635. The van der Waals surface area contributed by atoms with Gasteiger partial charge in [-0.25, -0.2) is 9.18 Å².